The topological polar surface area (TPSA) is 0 Å². The van der Waals surface area contributed by atoms with Crippen LogP contribution in [0, 0.1) is 0 Å². The monoisotopic (exact) mass is 184 g/mol. The molecule has 0 nitrogen and oxygen atoms in total. The van der Waals surface area contributed by atoms with Crippen molar-refractivity contribution in [2.75, 3.05) is 5.75 Å². The van der Waals surface area contributed by atoms with Gasteiger partial charge in [-0.05, 0) is 19.3 Å². The molecule has 0 aromatic heterocycles. The third-order valence-corrected chi connectivity index (χ3v) is 1.89. The first-order valence-electron chi connectivity index (χ1n) is 3.38. The molecule has 0 aliphatic heterocycles. The van der Waals surface area contributed by atoms with E-state index < -0.39 is 5.51 Å². The molecule has 0 unspecified atom stereocenters. The standard InChI is InChI=1S/C7H11F3S/c1-2-3-4-5-6-11-7(8,9)10/h2H,1,3-6H2. The van der Waals surface area contributed by atoms with Gasteiger partial charge in [-0.25, -0.2) is 0 Å². The molecule has 0 saturated carbocycles. The molecule has 0 rings (SSSR count). The van der Waals surface area contributed by atoms with Crippen LogP contribution >= 0.6 is 11.8 Å². The molecule has 0 aromatic rings. The summed E-state index contributed by atoms with van der Waals surface area (Å²) in [7, 11) is 0. The molecule has 66 valence electrons. The van der Waals surface area contributed by atoms with Crippen molar-refractivity contribution in [3.05, 3.63) is 12.7 Å². The number of rotatable bonds is 5. The van der Waals surface area contributed by atoms with Gasteiger partial charge in [0.25, 0.3) is 0 Å². The third kappa shape index (κ3) is 9.88. The number of allylic oxidation sites excluding steroid dienone is 1. The van der Waals surface area contributed by atoms with Crippen molar-refractivity contribution in [2.24, 2.45) is 0 Å². The van der Waals surface area contributed by atoms with Crippen LogP contribution in [-0.2, 0) is 0 Å². The Hall–Kier alpha value is -0.120. The van der Waals surface area contributed by atoms with E-state index in [0.29, 0.717) is 6.42 Å². The largest absolute Gasteiger partial charge is 0.441 e. The fourth-order valence-corrected chi connectivity index (χ4v) is 1.16. The Labute approximate surface area is 68.9 Å². The highest BCUT2D eigenvalue weighted by atomic mass is 32.2. The van der Waals surface area contributed by atoms with E-state index in [-0.39, 0.29) is 17.5 Å². The number of unbranched alkanes of at least 4 members (excludes halogenated alkanes) is 2. The highest BCUT2D eigenvalue weighted by Crippen LogP contribution is 2.30. The van der Waals surface area contributed by atoms with Gasteiger partial charge in [-0.3, -0.25) is 0 Å². The summed E-state index contributed by atoms with van der Waals surface area (Å²) in [4.78, 5) is 0. The lowest BCUT2D eigenvalue weighted by atomic mass is 10.2. The van der Waals surface area contributed by atoms with Crippen LogP contribution in [0.5, 0.6) is 0 Å². The second kappa shape index (κ2) is 5.52. The van der Waals surface area contributed by atoms with E-state index in [1.54, 1.807) is 6.08 Å². The smallest absolute Gasteiger partial charge is 0.160 e. The summed E-state index contributed by atoms with van der Waals surface area (Å²) in [6, 6.07) is 0. The minimum atomic E-state index is -4.06. The summed E-state index contributed by atoms with van der Waals surface area (Å²) in [5.41, 5.74) is -4.06. The second-order valence-corrected chi connectivity index (χ2v) is 3.24. The van der Waals surface area contributed by atoms with Gasteiger partial charge in [-0.15, -0.1) is 6.58 Å². The zero-order chi connectivity index (χ0) is 8.74. The molecule has 0 aromatic carbocycles. The summed E-state index contributed by atoms with van der Waals surface area (Å²) in [5, 5.41) is 0. The van der Waals surface area contributed by atoms with E-state index in [4.69, 9.17) is 0 Å². The van der Waals surface area contributed by atoms with E-state index >= 15 is 0 Å². The Balaban J connectivity index is 3.08. The fourth-order valence-electron chi connectivity index (χ4n) is 0.579. The Morgan fingerprint density at radius 2 is 1.91 bits per heavy atom. The normalized spacial score (nSPS) is 11.5. The van der Waals surface area contributed by atoms with E-state index in [1.807, 2.05) is 0 Å². The third-order valence-electron chi connectivity index (χ3n) is 1.07. The molecule has 11 heavy (non-hydrogen) atoms. The van der Waals surface area contributed by atoms with Crippen molar-refractivity contribution in [2.45, 2.75) is 24.8 Å². The number of hydrogen-bond acceptors (Lipinski definition) is 1. The number of alkyl halides is 3. The van der Waals surface area contributed by atoms with Gasteiger partial charge in [0.05, 0.1) is 0 Å². The van der Waals surface area contributed by atoms with Crippen LogP contribution in [0.3, 0.4) is 0 Å². The van der Waals surface area contributed by atoms with Gasteiger partial charge in [-0.2, -0.15) is 13.2 Å². The quantitative estimate of drug-likeness (QED) is 0.464. The molecule has 4 heteroatoms. The van der Waals surface area contributed by atoms with Crippen LogP contribution in [-0.4, -0.2) is 11.3 Å². The molecule has 0 aliphatic rings. The van der Waals surface area contributed by atoms with Crippen molar-refractivity contribution in [3.8, 4) is 0 Å². The van der Waals surface area contributed by atoms with Crippen LogP contribution in [0.2, 0.25) is 0 Å². The van der Waals surface area contributed by atoms with Gasteiger partial charge in [0.1, 0.15) is 0 Å². The molecular formula is C7H11F3S. The summed E-state index contributed by atoms with van der Waals surface area (Å²) >= 11 is 0.0497. The van der Waals surface area contributed by atoms with Crippen LogP contribution in [0.25, 0.3) is 0 Å². The molecule has 0 saturated heterocycles. The predicted molar refractivity (Wildman–Crippen MR) is 42.6 cm³/mol. The Kier molecular flexibility index (Phi) is 5.46. The Morgan fingerprint density at radius 1 is 1.27 bits per heavy atom. The SMILES string of the molecule is C=CCCCCSC(F)(F)F. The maximum Gasteiger partial charge on any atom is 0.441 e. The van der Waals surface area contributed by atoms with Gasteiger partial charge >= 0.3 is 5.51 Å². The minimum absolute atomic E-state index is 0.0497. The molecule has 0 bridgehead atoms. The van der Waals surface area contributed by atoms with Gasteiger partial charge in [0.2, 0.25) is 0 Å². The summed E-state index contributed by atoms with van der Waals surface area (Å²) in [5.74, 6) is 0.164. The molecule has 0 amide bonds. The predicted octanol–water partition coefficient (Wildman–Crippen LogP) is 3.60. The minimum Gasteiger partial charge on any atom is -0.160 e. The number of halogens is 3. The fraction of sp³-hybridized carbons (Fsp3) is 0.714. The molecule has 0 heterocycles. The molecule has 0 atom stereocenters. The molecular weight excluding hydrogens is 173 g/mol. The van der Waals surface area contributed by atoms with Crippen molar-refractivity contribution < 1.29 is 13.2 Å². The lowest BCUT2D eigenvalue weighted by molar-refractivity contribution is -0.0327. The van der Waals surface area contributed by atoms with E-state index in [1.165, 1.54) is 0 Å². The van der Waals surface area contributed by atoms with Crippen LogP contribution in [0.4, 0.5) is 13.2 Å². The summed E-state index contributed by atoms with van der Waals surface area (Å²) < 4.78 is 34.5. The van der Waals surface area contributed by atoms with Crippen LogP contribution in [0.15, 0.2) is 12.7 Å². The van der Waals surface area contributed by atoms with E-state index in [0.717, 1.165) is 12.8 Å². The highest BCUT2D eigenvalue weighted by molar-refractivity contribution is 8.00. The van der Waals surface area contributed by atoms with Gasteiger partial charge < -0.3 is 0 Å². The molecule has 0 radical (unpaired) electrons. The van der Waals surface area contributed by atoms with Crippen LogP contribution in [0.1, 0.15) is 19.3 Å². The summed E-state index contributed by atoms with van der Waals surface area (Å²) in [6.45, 7) is 3.48. The van der Waals surface area contributed by atoms with Crippen molar-refractivity contribution in [1.29, 1.82) is 0 Å². The lowest BCUT2D eigenvalue weighted by Gasteiger charge is -2.03. The number of hydrogen-bond donors (Lipinski definition) is 0. The Morgan fingerprint density at radius 3 is 2.36 bits per heavy atom. The van der Waals surface area contributed by atoms with E-state index in [9.17, 15) is 13.2 Å². The van der Waals surface area contributed by atoms with Gasteiger partial charge in [-0.1, -0.05) is 17.8 Å². The first-order valence-corrected chi connectivity index (χ1v) is 4.36. The lowest BCUT2D eigenvalue weighted by Crippen LogP contribution is -2.00. The average molecular weight is 184 g/mol. The molecule has 0 fully saturated rings. The second-order valence-electron chi connectivity index (χ2n) is 2.08. The molecule has 0 spiro atoms. The van der Waals surface area contributed by atoms with Crippen molar-refractivity contribution in [3.63, 3.8) is 0 Å². The van der Waals surface area contributed by atoms with Crippen molar-refractivity contribution >= 4 is 11.8 Å². The average Bonchev–Trinajstić information content (AvgIpc) is 1.85. The van der Waals surface area contributed by atoms with Gasteiger partial charge in [0, 0.05) is 5.75 Å². The zero-order valence-corrected chi connectivity index (χ0v) is 6.97. The zero-order valence-electron chi connectivity index (χ0n) is 6.16. The molecule has 0 N–H and O–H groups in total. The summed E-state index contributed by atoms with van der Waals surface area (Å²) in [6.07, 6.45) is 3.93. The first kappa shape index (κ1) is 10.9. The van der Waals surface area contributed by atoms with Crippen molar-refractivity contribution in [1.82, 2.24) is 0 Å². The highest BCUT2D eigenvalue weighted by Gasteiger charge is 2.26. The first-order chi connectivity index (χ1) is 5.06. The molecule has 0 aliphatic carbocycles. The maximum absolute atomic E-state index is 11.5. The number of thioether (sulfide) groups is 1. The van der Waals surface area contributed by atoms with Crippen LogP contribution < -0.4 is 0 Å². The Bertz CT molecular complexity index is 109. The van der Waals surface area contributed by atoms with E-state index in [2.05, 4.69) is 6.58 Å². The van der Waals surface area contributed by atoms with Gasteiger partial charge in [0.15, 0.2) is 0 Å². The maximum atomic E-state index is 11.5.